The highest BCUT2D eigenvalue weighted by atomic mass is 19.4. The second-order valence-corrected chi connectivity index (χ2v) is 9.68. The molecule has 0 saturated carbocycles. The molecule has 36 heavy (non-hydrogen) atoms. The van der Waals surface area contributed by atoms with Crippen LogP contribution in [-0.2, 0) is 22.3 Å². The first-order chi connectivity index (χ1) is 17.2. The molecule has 2 atom stereocenters. The molecule has 4 heterocycles. The van der Waals surface area contributed by atoms with Crippen LogP contribution in [-0.4, -0.2) is 84.0 Å². The first-order valence-corrected chi connectivity index (χ1v) is 12.0. The average Bonchev–Trinajstić information content (AvgIpc) is 3.53. The van der Waals surface area contributed by atoms with Crippen molar-refractivity contribution in [2.24, 2.45) is 11.8 Å². The van der Waals surface area contributed by atoms with E-state index < -0.39 is 11.7 Å². The molecule has 9 nitrogen and oxygen atoms in total. The van der Waals surface area contributed by atoms with Gasteiger partial charge in [0, 0.05) is 70.7 Å². The fourth-order valence-corrected chi connectivity index (χ4v) is 5.44. The van der Waals surface area contributed by atoms with Crippen molar-refractivity contribution in [2.75, 3.05) is 62.7 Å². The van der Waals surface area contributed by atoms with Gasteiger partial charge in [-0.2, -0.15) is 17.9 Å². The number of alkyl halides is 3. The fraction of sp³-hybridized carbons (Fsp3) is 0.542. The second kappa shape index (κ2) is 9.74. The molecular formula is C24H29F3N6O3. The van der Waals surface area contributed by atoms with Crippen molar-refractivity contribution < 1.29 is 27.5 Å². The number of aromatic nitrogens is 2. The first kappa shape index (κ1) is 24.6. The maximum atomic E-state index is 13.9. The molecule has 1 N–H and O–H groups in total. The summed E-state index contributed by atoms with van der Waals surface area (Å²) >= 11 is 0. The van der Waals surface area contributed by atoms with Gasteiger partial charge in [-0.1, -0.05) is 6.07 Å². The van der Waals surface area contributed by atoms with E-state index in [0.29, 0.717) is 57.3 Å². The largest absolute Gasteiger partial charge is 0.418 e. The number of likely N-dealkylation sites (tertiary alicyclic amines) is 2. The predicted molar refractivity (Wildman–Crippen MR) is 126 cm³/mol. The minimum absolute atomic E-state index is 0.210. The van der Waals surface area contributed by atoms with Crippen LogP contribution >= 0.6 is 0 Å². The number of hydrogen-bond acceptors (Lipinski definition) is 6. The Morgan fingerprint density at radius 1 is 1.08 bits per heavy atom. The van der Waals surface area contributed by atoms with Crippen LogP contribution in [0.4, 0.5) is 29.5 Å². The number of nitrogens with one attached hydrogen (secondary N) is 1. The fourth-order valence-electron chi connectivity index (χ4n) is 5.44. The van der Waals surface area contributed by atoms with E-state index >= 15 is 0 Å². The molecule has 0 spiro atoms. The minimum atomic E-state index is -4.43. The summed E-state index contributed by atoms with van der Waals surface area (Å²) < 4.78 is 48.1. The summed E-state index contributed by atoms with van der Waals surface area (Å²) in [5.74, 6) is 0.573. The lowest BCUT2D eigenvalue weighted by Crippen LogP contribution is -2.37. The van der Waals surface area contributed by atoms with Crippen molar-refractivity contribution in [2.45, 2.75) is 19.6 Å². The van der Waals surface area contributed by atoms with Crippen LogP contribution in [0.25, 0.3) is 0 Å². The third kappa shape index (κ3) is 5.19. The number of benzene rings is 1. The van der Waals surface area contributed by atoms with E-state index in [1.165, 1.54) is 23.9 Å². The molecule has 3 saturated heterocycles. The van der Waals surface area contributed by atoms with Crippen molar-refractivity contribution in [1.82, 2.24) is 19.6 Å². The molecule has 3 aliphatic heterocycles. The minimum Gasteiger partial charge on any atom is -0.378 e. The zero-order chi connectivity index (χ0) is 25.4. The molecule has 0 radical (unpaired) electrons. The summed E-state index contributed by atoms with van der Waals surface area (Å²) in [5.41, 5.74) is 0.243. The monoisotopic (exact) mass is 506 g/mol. The second-order valence-electron chi connectivity index (χ2n) is 9.68. The normalized spacial score (nSPS) is 22.7. The van der Waals surface area contributed by atoms with Crippen molar-refractivity contribution in [1.29, 1.82) is 0 Å². The first-order valence-electron chi connectivity index (χ1n) is 12.0. The van der Waals surface area contributed by atoms with Crippen molar-refractivity contribution in [3.8, 4) is 0 Å². The highest BCUT2D eigenvalue weighted by molar-refractivity contribution is 5.88. The molecule has 1 aromatic carbocycles. The SMILES string of the molecule is CC(=O)Nc1ccn(C(=O)N2CC3CN(Cc4ccc(N5CCOCC5)c(C(F)(F)F)c4)CC3C2)n1. The lowest BCUT2D eigenvalue weighted by molar-refractivity contribution is -0.137. The molecule has 2 unspecified atom stereocenters. The van der Waals surface area contributed by atoms with Gasteiger partial charge in [-0.25, -0.2) is 4.79 Å². The topological polar surface area (TPSA) is 82.9 Å². The van der Waals surface area contributed by atoms with E-state index in [9.17, 15) is 22.8 Å². The van der Waals surface area contributed by atoms with E-state index in [4.69, 9.17) is 4.74 Å². The molecule has 194 valence electrons. The highest BCUT2D eigenvalue weighted by Crippen LogP contribution is 2.38. The molecule has 2 amide bonds. The molecule has 2 aromatic rings. The van der Waals surface area contributed by atoms with Crippen LogP contribution in [0.1, 0.15) is 18.1 Å². The summed E-state index contributed by atoms with van der Waals surface area (Å²) in [4.78, 5) is 29.7. The highest BCUT2D eigenvalue weighted by Gasteiger charge is 2.42. The third-order valence-electron chi connectivity index (χ3n) is 7.05. The number of carbonyl (C=O) groups excluding carboxylic acids is 2. The standard InChI is InChI=1S/C24H29F3N6O3/c1-16(34)28-22-4-5-33(29-22)23(35)32-14-18-12-30(13-19(18)15-32)11-17-2-3-21(20(10-17)24(25,26)27)31-6-8-36-9-7-31/h2-5,10,18-19H,6-9,11-15H2,1H3,(H,28,29,34). The Kier molecular flexibility index (Phi) is 6.64. The van der Waals surface area contributed by atoms with Gasteiger partial charge >= 0.3 is 12.2 Å². The molecule has 12 heteroatoms. The lowest BCUT2D eigenvalue weighted by atomic mass is 10.0. The number of anilines is 2. The van der Waals surface area contributed by atoms with Gasteiger partial charge in [0.05, 0.1) is 18.8 Å². The van der Waals surface area contributed by atoms with Crippen molar-refractivity contribution >= 4 is 23.4 Å². The number of ether oxygens (including phenoxy) is 1. The Labute approximate surface area is 206 Å². The summed E-state index contributed by atoms with van der Waals surface area (Å²) in [6.07, 6.45) is -2.91. The number of carbonyl (C=O) groups is 2. The number of hydrogen-bond donors (Lipinski definition) is 1. The van der Waals surface area contributed by atoms with Crippen LogP contribution < -0.4 is 10.2 Å². The quantitative estimate of drug-likeness (QED) is 0.687. The Balaban J connectivity index is 1.20. The Morgan fingerprint density at radius 3 is 2.42 bits per heavy atom. The van der Waals surface area contributed by atoms with E-state index in [1.807, 2.05) is 0 Å². The Hall–Kier alpha value is -3.12. The van der Waals surface area contributed by atoms with E-state index in [0.717, 1.165) is 13.1 Å². The molecule has 0 bridgehead atoms. The average molecular weight is 507 g/mol. The van der Waals surface area contributed by atoms with E-state index in [2.05, 4.69) is 15.3 Å². The molecule has 3 aliphatic rings. The van der Waals surface area contributed by atoms with E-state index in [-0.39, 0.29) is 29.5 Å². The zero-order valence-electron chi connectivity index (χ0n) is 20.0. The van der Waals surface area contributed by atoms with Gasteiger partial charge < -0.3 is 19.9 Å². The third-order valence-corrected chi connectivity index (χ3v) is 7.05. The Bertz CT molecular complexity index is 1120. The smallest absolute Gasteiger partial charge is 0.378 e. The van der Waals surface area contributed by atoms with Gasteiger partial charge in [-0.15, -0.1) is 5.10 Å². The number of nitrogens with zero attached hydrogens (tertiary/aromatic N) is 5. The number of morpholine rings is 1. The number of halogens is 3. The Morgan fingerprint density at radius 2 is 1.78 bits per heavy atom. The van der Waals surface area contributed by atoms with Crippen LogP contribution in [0.2, 0.25) is 0 Å². The van der Waals surface area contributed by atoms with Gasteiger partial charge in [-0.05, 0) is 29.5 Å². The van der Waals surface area contributed by atoms with Gasteiger partial charge in [0.2, 0.25) is 5.91 Å². The van der Waals surface area contributed by atoms with Crippen LogP contribution in [0.3, 0.4) is 0 Å². The molecule has 0 aliphatic carbocycles. The lowest BCUT2D eigenvalue weighted by Gasteiger charge is -2.31. The molecular weight excluding hydrogens is 477 g/mol. The summed E-state index contributed by atoms with van der Waals surface area (Å²) in [6, 6.07) is 5.96. The van der Waals surface area contributed by atoms with Gasteiger partial charge in [0.15, 0.2) is 5.82 Å². The molecule has 1 aromatic heterocycles. The predicted octanol–water partition coefficient (Wildman–Crippen LogP) is 2.73. The van der Waals surface area contributed by atoms with Crippen LogP contribution in [0, 0.1) is 11.8 Å². The zero-order valence-corrected chi connectivity index (χ0v) is 20.0. The van der Waals surface area contributed by atoms with Gasteiger partial charge in [0.1, 0.15) is 0 Å². The summed E-state index contributed by atoms with van der Waals surface area (Å²) in [6.45, 7) is 6.12. The van der Waals surface area contributed by atoms with Gasteiger partial charge in [0.25, 0.3) is 0 Å². The maximum Gasteiger partial charge on any atom is 0.418 e. The van der Waals surface area contributed by atoms with Crippen molar-refractivity contribution in [3.63, 3.8) is 0 Å². The number of amides is 2. The van der Waals surface area contributed by atoms with E-state index in [1.54, 1.807) is 28.0 Å². The van der Waals surface area contributed by atoms with Gasteiger partial charge in [-0.3, -0.25) is 9.69 Å². The number of fused-ring (bicyclic) bond motifs is 1. The molecule has 3 fully saturated rings. The summed E-state index contributed by atoms with van der Waals surface area (Å²) in [5, 5.41) is 6.66. The van der Waals surface area contributed by atoms with Crippen LogP contribution in [0.5, 0.6) is 0 Å². The van der Waals surface area contributed by atoms with Crippen molar-refractivity contribution in [3.05, 3.63) is 41.6 Å². The number of rotatable bonds is 4. The summed E-state index contributed by atoms with van der Waals surface area (Å²) in [7, 11) is 0. The maximum absolute atomic E-state index is 13.9. The molecule has 5 rings (SSSR count). The van der Waals surface area contributed by atoms with Crippen LogP contribution in [0.15, 0.2) is 30.5 Å².